The summed E-state index contributed by atoms with van der Waals surface area (Å²) in [4.78, 5) is 28.9. The lowest BCUT2D eigenvalue weighted by atomic mass is 10.1. The molecule has 0 saturated heterocycles. The number of carboxylic acids is 1. The van der Waals surface area contributed by atoms with Crippen molar-refractivity contribution in [1.82, 2.24) is 9.97 Å². The number of aliphatic carboxylic acids is 1. The molecule has 0 bridgehead atoms. The Morgan fingerprint density at radius 3 is 2.94 bits per heavy atom. The predicted molar refractivity (Wildman–Crippen MR) is 62.6 cm³/mol. The van der Waals surface area contributed by atoms with E-state index < -0.39 is 5.97 Å². The van der Waals surface area contributed by atoms with E-state index in [-0.39, 0.29) is 18.4 Å². The molecule has 0 fully saturated rings. The second-order valence-corrected chi connectivity index (χ2v) is 4.09. The van der Waals surface area contributed by atoms with Crippen molar-refractivity contribution in [3.8, 4) is 0 Å². The Morgan fingerprint density at radius 1 is 1.53 bits per heavy atom. The summed E-state index contributed by atoms with van der Waals surface area (Å²) in [7, 11) is 0. The van der Waals surface area contributed by atoms with Gasteiger partial charge in [0.25, 0.3) is 5.56 Å². The van der Waals surface area contributed by atoms with Gasteiger partial charge in [0.2, 0.25) is 0 Å². The lowest BCUT2D eigenvalue weighted by Crippen LogP contribution is -2.16. The Kier molecular flexibility index (Phi) is 3.37. The van der Waals surface area contributed by atoms with Gasteiger partial charge in [-0.2, -0.15) is 0 Å². The van der Waals surface area contributed by atoms with Crippen LogP contribution in [0, 0.1) is 0 Å². The molecule has 90 valence electrons. The van der Waals surface area contributed by atoms with Crippen LogP contribution >= 0.6 is 0 Å². The van der Waals surface area contributed by atoms with Crippen molar-refractivity contribution in [2.45, 2.75) is 32.1 Å². The standard InChI is InChI=1S/C12H14N2O3/c15-11(16)6-5-10-13-7-9(12(17)14-10)8-3-1-2-4-8/h3,7H,1-2,4-6H2,(H,15,16)(H,13,14,17). The second-order valence-electron chi connectivity index (χ2n) is 4.09. The van der Waals surface area contributed by atoms with Gasteiger partial charge in [-0.25, -0.2) is 4.98 Å². The summed E-state index contributed by atoms with van der Waals surface area (Å²) < 4.78 is 0. The van der Waals surface area contributed by atoms with Crippen molar-refractivity contribution < 1.29 is 9.90 Å². The van der Waals surface area contributed by atoms with Crippen LogP contribution in [0.5, 0.6) is 0 Å². The molecule has 1 aromatic rings. The maximum atomic E-state index is 11.8. The molecule has 0 spiro atoms. The number of carboxylic acid groups (broad SMARTS) is 1. The van der Waals surface area contributed by atoms with Crippen molar-refractivity contribution in [3.63, 3.8) is 0 Å². The molecule has 0 aromatic carbocycles. The van der Waals surface area contributed by atoms with Crippen LogP contribution in [0.4, 0.5) is 0 Å². The first-order valence-electron chi connectivity index (χ1n) is 5.66. The van der Waals surface area contributed by atoms with E-state index in [4.69, 9.17) is 5.11 Å². The molecule has 17 heavy (non-hydrogen) atoms. The topological polar surface area (TPSA) is 83.0 Å². The molecule has 5 nitrogen and oxygen atoms in total. The van der Waals surface area contributed by atoms with Gasteiger partial charge in [-0.3, -0.25) is 9.59 Å². The quantitative estimate of drug-likeness (QED) is 0.823. The number of nitrogens with zero attached hydrogens (tertiary/aromatic N) is 1. The van der Waals surface area contributed by atoms with Crippen molar-refractivity contribution in [1.29, 1.82) is 0 Å². The van der Waals surface area contributed by atoms with E-state index in [0.29, 0.717) is 11.4 Å². The minimum atomic E-state index is -0.893. The van der Waals surface area contributed by atoms with Gasteiger partial charge < -0.3 is 10.1 Å². The smallest absolute Gasteiger partial charge is 0.303 e. The van der Waals surface area contributed by atoms with Crippen molar-refractivity contribution in [2.75, 3.05) is 0 Å². The third-order valence-corrected chi connectivity index (χ3v) is 2.81. The summed E-state index contributed by atoms with van der Waals surface area (Å²) in [6.07, 6.45) is 6.84. The average Bonchev–Trinajstić information content (AvgIpc) is 2.79. The molecule has 1 aromatic heterocycles. The Bertz CT molecular complexity index is 517. The Balaban J connectivity index is 2.17. The molecule has 2 N–H and O–H groups in total. The van der Waals surface area contributed by atoms with Crippen LogP contribution < -0.4 is 5.56 Å². The first kappa shape index (κ1) is 11.6. The first-order valence-corrected chi connectivity index (χ1v) is 5.66. The highest BCUT2D eigenvalue weighted by Crippen LogP contribution is 2.24. The van der Waals surface area contributed by atoms with Crippen molar-refractivity contribution in [3.05, 3.63) is 34.0 Å². The lowest BCUT2D eigenvalue weighted by molar-refractivity contribution is -0.137. The number of aryl methyl sites for hydroxylation is 1. The zero-order valence-corrected chi connectivity index (χ0v) is 9.40. The normalized spacial score (nSPS) is 14.7. The molecule has 0 radical (unpaired) electrons. The Morgan fingerprint density at radius 2 is 2.35 bits per heavy atom. The van der Waals surface area contributed by atoms with E-state index >= 15 is 0 Å². The summed E-state index contributed by atoms with van der Waals surface area (Å²) in [5.74, 6) is -0.463. The first-order chi connectivity index (χ1) is 8.16. The number of nitrogens with one attached hydrogen (secondary N) is 1. The molecule has 1 aliphatic carbocycles. The van der Waals surface area contributed by atoms with Gasteiger partial charge in [0.05, 0.1) is 12.0 Å². The summed E-state index contributed by atoms with van der Waals surface area (Å²) >= 11 is 0. The van der Waals surface area contributed by atoms with Gasteiger partial charge in [0.1, 0.15) is 5.82 Å². The monoisotopic (exact) mass is 234 g/mol. The molecular formula is C12H14N2O3. The van der Waals surface area contributed by atoms with Crippen LogP contribution in [-0.2, 0) is 11.2 Å². The van der Waals surface area contributed by atoms with Crippen LogP contribution in [0.1, 0.15) is 37.1 Å². The molecule has 0 amide bonds. The number of rotatable bonds is 4. The summed E-state index contributed by atoms with van der Waals surface area (Å²) in [5.41, 5.74) is 1.48. The van der Waals surface area contributed by atoms with E-state index in [0.717, 1.165) is 24.8 Å². The maximum Gasteiger partial charge on any atom is 0.303 e. The van der Waals surface area contributed by atoms with Crippen LogP contribution in [-0.4, -0.2) is 21.0 Å². The molecule has 0 saturated carbocycles. The molecule has 0 atom stereocenters. The minimum Gasteiger partial charge on any atom is -0.481 e. The number of hydrogen-bond acceptors (Lipinski definition) is 3. The fourth-order valence-corrected chi connectivity index (χ4v) is 1.93. The number of aromatic nitrogens is 2. The van der Waals surface area contributed by atoms with Gasteiger partial charge in [-0.05, 0) is 24.8 Å². The molecule has 1 aliphatic rings. The van der Waals surface area contributed by atoms with Gasteiger partial charge in [0, 0.05) is 12.6 Å². The average molecular weight is 234 g/mol. The number of aromatic amines is 1. The maximum absolute atomic E-state index is 11.8. The van der Waals surface area contributed by atoms with Gasteiger partial charge >= 0.3 is 5.97 Å². The minimum absolute atomic E-state index is 0.0228. The Hall–Kier alpha value is -1.91. The van der Waals surface area contributed by atoms with E-state index in [1.165, 1.54) is 0 Å². The molecule has 5 heteroatoms. The van der Waals surface area contributed by atoms with Crippen molar-refractivity contribution in [2.24, 2.45) is 0 Å². The molecule has 1 heterocycles. The molecular weight excluding hydrogens is 220 g/mol. The zero-order chi connectivity index (χ0) is 12.3. The van der Waals surface area contributed by atoms with Gasteiger partial charge in [-0.15, -0.1) is 0 Å². The fraction of sp³-hybridized carbons (Fsp3) is 0.417. The molecule has 2 rings (SSSR count). The van der Waals surface area contributed by atoms with Gasteiger partial charge in [0.15, 0.2) is 0 Å². The number of allylic oxidation sites excluding steroid dienone is 2. The van der Waals surface area contributed by atoms with Crippen LogP contribution in [0.15, 0.2) is 17.1 Å². The third-order valence-electron chi connectivity index (χ3n) is 2.81. The van der Waals surface area contributed by atoms with E-state index in [1.54, 1.807) is 6.20 Å². The number of carbonyl (C=O) groups is 1. The molecule has 0 aliphatic heterocycles. The van der Waals surface area contributed by atoms with Crippen LogP contribution in [0.25, 0.3) is 5.57 Å². The van der Waals surface area contributed by atoms with E-state index in [9.17, 15) is 9.59 Å². The highest BCUT2D eigenvalue weighted by molar-refractivity contribution is 5.67. The molecule has 0 unspecified atom stereocenters. The van der Waals surface area contributed by atoms with E-state index in [1.807, 2.05) is 0 Å². The summed E-state index contributed by atoms with van der Waals surface area (Å²) in [6.45, 7) is 0. The third kappa shape index (κ3) is 2.81. The summed E-state index contributed by atoms with van der Waals surface area (Å²) in [5, 5.41) is 8.54. The second kappa shape index (κ2) is 4.95. The van der Waals surface area contributed by atoms with E-state index in [2.05, 4.69) is 16.0 Å². The number of hydrogen-bond donors (Lipinski definition) is 2. The van der Waals surface area contributed by atoms with Gasteiger partial charge in [-0.1, -0.05) is 6.08 Å². The fourth-order valence-electron chi connectivity index (χ4n) is 1.93. The SMILES string of the molecule is O=C(O)CCc1ncc(C2=CCCC2)c(=O)[nH]1. The van der Waals surface area contributed by atoms with Crippen LogP contribution in [0.2, 0.25) is 0 Å². The predicted octanol–water partition coefficient (Wildman–Crippen LogP) is 1.35. The highest BCUT2D eigenvalue weighted by Gasteiger charge is 2.12. The number of H-pyrrole nitrogens is 1. The van der Waals surface area contributed by atoms with Crippen molar-refractivity contribution >= 4 is 11.5 Å². The highest BCUT2D eigenvalue weighted by atomic mass is 16.4. The van der Waals surface area contributed by atoms with Crippen LogP contribution in [0.3, 0.4) is 0 Å². The summed E-state index contributed by atoms with van der Waals surface area (Å²) in [6, 6.07) is 0. The lowest BCUT2D eigenvalue weighted by Gasteiger charge is -2.02. The Labute approximate surface area is 98.2 Å². The largest absolute Gasteiger partial charge is 0.481 e. The zero-order valence-electron chi connectivity index (χ0n) is 9.40.